The molecule has 0 spiro atoms. The van der Waals surface area contributed by atoms with Crippen molar-refractivity contribution in [3.8, 4) is 0 Å². The summed E-state index contributed by atoms with van der Waals surface area (Å²) in [5.41, 5.74) is 4.51. The van der Waals surface area contributed by atoms with E-state index in [1.54, 1.807) is 70.6 Å². The molecule has 352 valence electrons. The summed E-state index contributed by atoms with van der Waals surface area (Å²) in [5.74, 6) is 13.9. The molecule has 3 heterocycles. The highest BCUT2D eigenvalue weighted by Gasteiger charge is 2.60. The second kappa shape index (κ2) is 17.6. The molecule has 0 bridgehead atoms. The van der Waals surface area contributed by atoms with Gasteiger partial charge in [-0.1, -0.05) is 71.6 Å². The minimum absolute atomic E-state index is 0.491. The molecule has 0 radical (unpaired) electrons. The van der Waals surface area contributed by atoms with Crippen LogP contribution >= 0.6 is 11.8 Å². The predicted molar refractivity (Wildman–Crippen MR) is 264 cm³/mol. The lowest BCUT2D eigenvalue weighted by atomic mass is 9.62. The average Bonchev–Trinajstić information content (AvgIpc) is 3.95. The van der Waals surface area contributed by atoms with Crippen LogP contribution in [0.15, 0.2) is 11.3 Å². The third-order valence-electron chi connectivity index (χ3n) is 24.5. The van der Waals surface area contributed by atoms with Gasteiger partial charge in [0.25, 0.3) is 0 Å². The molecule has 0 amide bonds. The molecule has 2 saturated heterocycles. The van der Waals surface area contributed by atoms with Gasteiger partial charge in [-0.2, -0.15) is 11.8 Å². The number of hydrogen-bond acceptors (Lipinski definition) is 4. The summed E-state index contributed by atoms with van der Waals surface area (Å²) in [7, 11) is 0. The van der Waals surface area contributed by atoms with Crippen molar-refractivity contribution in [2.24, 2.45) is 88.3 Å². The third kappa shape index (κ3) is 7.58. The van der Waals surface area contributed by atoms with E-state index in [1.165, 1.54) is 141 Å². The normalized spacial score (nSPS) is 52.2. The molecule has 4 heteroatoms. The molecular weight excluding hydrogens is 783 g/mol. The lowest BCUT2D eigenvalue weighted by molar-refractivity contribution is 0.0203. The van der Waals surface area contributed by atoms with E-state index in [1.807, 2.05) is 5.70 Å². The van der Waals surface area contributed by atoms with Gasteiger partial charge in [0.15, 0.2) is 0 Å². The van der Waals surface area contributed by atoms with Gasteiger partial charge in [-0.05, 0) is 242 Å². The van der Waals surface area contributed by atoms with Gasteiger partial charge in [-0.15, -0.1) is 0 Å². The van der Waals surface area contributed by atoms with E-state index >= 15 is 0 Å². The van der Waals surface area contributed by atoms with Crippen molar-refractivity contribution in [3.05, 3.63) is 11.3 Å². The average molecular weight is 878 g/mol. The monoisotopic (exact) mass is 878 g/mol. The summed E-state index contributed by atoms with van der Waals surface area (Å²) in [6.07, 6.45) is 50.9. The fourth-order valence-electron chi connectivity index (χ4n) is 21.6. The summed E-state index contributed by atoms with van der Waals surface area (Å²) in [6, 6.07) is 3.29. The van der Waals surface area contributed by atoms with Crippen molar-refractivity contribution in [2.75, 3.05) is 0 Å². The fraction of sp³-hybridized carbons (Fsp3) is 0.966. The Labute approximate surface area is 391 Å². The van der Waals surface area contributed by atoms with Gasteiger partial charge in [0, 0.05) is 46.3 Å². The van der Waals surface area contributed by atoms with Crippen molar-refractivity contribution < 1.29 is 0 Å². The van der Waals surface area contributed by atoms with Gasteiger partial charge in [0.2, 0.25) is 0 Å². The lowest BCUT2D eigenvalue weighted by Crippen LogP contribution is -2.68. The van der Waals surface area contributed by atoms with Gasteiger partial charge in [-0.25, -0.2) is 0 Å². The van der Waals surface area contributed by atoms with E-state index in [4.69, 9.17) is 0 Å². The highest BCUT2D eigenvalue weighted by Crippen LogP contribution is 2.66. The molecule has 2 N–H and O–H groups in total. The standard InChI is InChI=1S/C59H95N3S/c1-59(2)50-34-41(58-60-52-17-9-6-16-47(52)57(61-58)38-12-4-3-5-13-38)24-28-43(50)44-29-27-42(35-51(44)59)62-53-18-10-7-14-45(53)48-32-39(25-30-54(48)62)36-20-22-37(23-21-36)40-26-31-56-49(33-40)46-15-8-11-19-55(46)63-56/h36-47,49-53,55-58,60-61H,3-35H2,1-2H3. The first-order chi connectivity index (χ1) is 31.0. The number of allylic oxidation sites excluding steroid dienone is 1. The maximum absolute atomic E-state index is 4.49. The second-order valence-electron chi connectivity index (χ2n) is 27.1. The quantitative estimate of drug-likeness (QED) is 0.288. The summed E-state index contributed by atoms with van der Waals surface area (Å²) in [6.45, 7) is 5.62. The summed E-state index contributed by atoms with van der Waals surface area (Å²) in [5, 5.41) is 11.0. The Hall–Kier alpha value is -0.190. The molecule has 18 atom stereocenters. The number of fused-ring (bicyclic) bond motifs is 9. The molecule has 18 unspecified atom stereocenters. The smallest absolute Gasteiger partial charge is 0.0605 e. The van der Waals surface area contributed by atoms with Crippen LogP contribution in [0.5, 0.6) is 0 Å². The molecule has 9 saturated carbocycles. The van der Waals surface area contributed by atoms with Gasteiger partial charge < -0.3 is 4.90 Å². The summed E-state index contributed by atoms with van der Waals surface area (Å²) < 4.78 is 0. The van der Waals surface area contributed by atoms with Gasteiger partial charge in [0.1, 0.15) is 0 Å². The van der Waals surface area contributed by atoms with Crippen LogP contribution in [0.25, 0.3) is 0 Å². The van der Waals surface area contributed by atoms with Crippen LogP contribution < -0.4 is 10.6 Å². The summed E-state index contributed by atoms with van der Waals surface area (Å²) in [4.78, 5) is 3.28. The van der Waals surface area contributed by atoms with Crippen LogP contribution in [0.1, 0.15) is 226 Å². The van der Waals surface area contributed by atoms with Gasteiger partial charge >= 0.3 is 0 Å². The molecule has 3 aliphatic heterocycles. The van der Waals surface area contributed by atoms with Crippen LogP contribution in [-0.4, -0.2) is 45.7 Å². The Morgan fingerprint density at radius 2 is 1.14 bits per heavy atom. The number of thioether (sulfide) groups is 1. The summed E-state index contributed by atoms with van der Waals surface area (Å²) >= 11 is 2.48. The lowest BCUT2D eigenvalue weighted by Gasteiger charge is -2.53. The van der Waals surface area contributed by atoms with E-state index in [0.717, 1.165) is 118 Å². The van der Waals surface area contributed by atoms with Crippen molar-refractivity contribution >= 4 is 11.8 Å². The Kier molecular flexibility index (Phi) is 12.0. The topological polar surface area (TPSA) is 27.3 Å². The zero-order chi connectivity index (χ0) is 41.8. The molecule has 3 nitrogen and oxygen atoms in total. The predicted octanol–water partition coefficient (Wildman–Crippen LogP) is 14.7. The van der Waals surface area contributed by atoms with Crippen LogP contribution in [-0.2, 0) is 0 Å². The minimum atomic E-state index is 0.491. The van der Waals surface area contributed by atoms with Crippen LogP contribution in [0, 0.1) is 88.3 Å². The van der Waals surface area contributed by atoms with E-state index in [9.17, 15) is 0 Å². The van der Waals surface area contributed by atoms with E-state index in [-0.39, 0.29) is 0 Å². The molecule has 11 fully saturated rings. The Balaban J connectivity index is 0.662. The Bertz CT molecular complexity index is 1640. The third-order valence-corrected chi connectivity index (χ3v) is 26.3. The van der Waals surface area contributed by atoms with Crippen LogP contribution in [0.4, 0.5) is 0 Å². The molecule has 63 heavy (non-hydrogen) atoms. The largest absolute Gasteiger partial charge is 0.368 e. The van der Waals surface area contributed by atoms with E-state index in [0.29, 0.717) is 11.6 Å². The van der Waals surface area contributed by atoms with Crippen molar-refractivity contribution in [1.82, 2.24) is 15.5 Å². The van der Waals surface area contributed by atoms with Crippen molar-refractivity contribution in [3.63, 3.8) is 0 Å². The number of nitrogens with one attached hydrogen (secondary N) is 2. The zero-order valence-corrected chi connectivity index (χ0v) is 41.6. The van der Waals surface area contributed by atoms with Gasteiger partial charge in [0.05, 0.1) is 6.17 Å². The van der Waals surface area contributed by atoms with E-state index in [2.05, 4.69) is 46.7 Å². The molecule has 13 rings (SSSR count). The highest BCUT2D eigenvalue weighted by atomic mass is 32.2. The fourth-order valence-corrected chi connectivity index (χ4v) is 23.6. The first-order valence-corrected chi connectivity index (χ1v) is 30.6. The minimum Gasteiger partial charge on any atom is -0.368 e. The van der Waals surface area contributed by atoms with Crippen molar-refractivity contribution in [1.29, 1.82) is 0 Å². The second-order valence-corrected chi connectivity index (χ2v) is 28.6. The molecule has 10 aliphatic carbocycles. The zero-order valence-electron chi connectivity index (χ0n) is 40.8. The Morgan fingerprint density at radius 1 is 0.476 bits per heavy atom. The molecule has 0 aromatic heterocycles. The number of rotatable bonds is 5. The molecular formula is C59H95N3S. The number of nitrogens with zero attached hydrogens (tertiary/aromatic N) is 1. The maximum Gasteiger partial charge on any atom is 0.0605 e. The van der Waals surface area contributed by atoms with Gasteiger partial charge in [-0.3, -0.25) is 10.6 Å². The van der Waals surface area contributed by atoms with Crippen LogP contribution in [0.3, 0.4) is 0 Å². The molecule has 0 aromatic rings. The first kappa shape index (κ1) is 42.9. The van der Waals surface area contributed by atoms with E-state index < -0.39 is 0 Å². The Morgan fingerprint density at radius 3 is 2.00 bits per heavy atom. The van der Waals surface area contributed by atoms with Crippen molar-refractivity contribution in [2.45, 2.75) is 267 Å². The number of hydrogen-bond donors (Lipinski definition) is 2. The SMILES string of the molecule is CC1(C)C2CC(C3NC4CCCCC4C(C4CCCCC4)N3)CCC2C2CCC(N3C4=C(CC(C5CCC(C6CCC7SC8CCCCC8C7C6)CC5)CC4)C4CCCCC43)CC21. The highest BCUT2D eigenvalue weighted by molar-refractivity contribution is 8.00. The first-order valence-electron chi connectivity index (χ1n) is 29.6. The van der Waals surface area contributed by atoms with Crippen LogP contribution in [0.2, 0.25) is 0 Å². The maximum atomic E-state index is 4.49. The molecule has 13 aliphatic rings. The molecule has 0 aromatic carbocycles.